The van der Waals surface area contributed by atoms with Gasteiger partial charge in [-0.05, 0) is 48.5 Å². The van der Waals surface area contributed by atoms with Gasteiger partial charge in [0.05, 0.1) is 41.1 Å². The van der Waals surface area contributed by atoms with Crippen molar-refractivity contribution >= 4 is 50.5 Å². The number of methoxy groups -OCH3 is 2. The summed E-state index contributed by atoms with van der Waals surface area (Å²) in [5.74, 6) is -0.989. The molecule has 0 spiro atoms. The molecule has 0 aliphatic rings. The van der Waals surface area contributed by atoms with Crippen LogP contribution in [0.5, 0.6) is 11.5 Å². The largest absolute Gasteiger partial charge is 0.497 e. The first-order valence-electron chi connectivity index (χ1n) is 8.95. The maximum atomic E-state index is 14.6. The minimum atomic E-state index is -4.18. The average molecular weight is 499 g/mol. The van der Waals surface area contributed by atoms with Crippen LogP contribution in [0.2, 0.25) is 10.0 Å². The van der Waals surface area contributed by atoms with E-state index in [2.05, 4.69) is 10.0 Å². The normalized spacial score (nSPS) is 11.0. The minimum Gasteiger partial charge on any atom is -0.497 e. The minimum absolute atomic E-state index is 0.0824. The number of carbonyl (C=O) groups excluding carboxylic acids is 1. The molecular weight excluding hydrogens is 482 g/mol. The van der Waals surface area contributed by atoms with Gasteiger partial charge in [-0.3, -0.25) is 9.52 Å². The molecule has 0 fully saturated rings. The fourth-order valence-electron chi connectivity index (χ4n) is 2.73. The highest BCUT2D eigenvalue weighted by atomic mass is 35.5. The van der Waals surface area contributed by atoms with Crippen molar-refractivity contribution in [1.82, 2.24) is 0 Å². The number of nitrogens with one attached hydrogen (secondary N) is 2. The molecule has 0 bridgehead atoms. The number of anilines is 2. The van der Waals surface area contributed by atoms with Crippen molar-refractivity contribution in [3.63, 3.8) is 0 Å². The molecule has 0 heterocycles. The Balaban J connectivity index is 1.84. The molecule has 0 aliphatic heterocycles. The Hall–Kier alpha value is -3.01. The molecule has 0 saturated heterocycles. The third-order valence-electron chi connectivity index (χ3n) is 4.33. The van der Waals surface area contributed by atoms with Gasteiger partial charge in [0.1, 0.15) is 17.3 Å². The lowest BCUT2D eigenvalue weighted by Gasteiger charge is -2.14. The fourth-order valence-corrected chi connectivity index (χ4v) is 4.29. The average Bonchev–Trinajstić information content (AvgIpc) is 2.74. The molecule has 0 radical (unpaired) electrons. The standard InChI is InChI=1S/C21H17Cl2FN2O5S/c1-30-13-4-8-20(31-2)19(10-13)26-32(28,29)14-5-7-18(17(24)11-14)25-21(27)15-6-3-12(22)9-16(15)23/h3-11,26H,1-2H3,(H,25,27). The zero-order valence-corrected chi connectivity index (χ0v) is 19.1. The zero-order chi connectivity index (χ0) is 23.5. The van der Waals surface area contributed by atoms with E-state index >= 15 is 0 Å². The second-order valence-electron chi connectivity index (χ2n) is 6.39. The number of halogens is 3. The monoisotopic (exact) mass is 498 g/mol. The van der Waals surface area contributed by atoms with Gasteiger partial charge in [-0.1, -0.05) is 23.2 Å². The second-order valence-corrected chi connectivity index (χ2v) is 8.92. The highest BCUT2D eigenvalue weighted by Crippen LogP contribution is 2.31. The molecule has 11 heteroatoms. The number of hydrogen-bond acceptors (Lipinski definition) is 5. The van der Waals surface area contributed by atoms with Gasteiger partial charge in [-0.25, -0.2) is 12.8 Å². The highest BCUT2D eigenvalue weighted by Gasteiger charge is 2.20. The van der Waals surface area contributed by atoms with Crippen molar-refractivity contribution in [2.45, 2.75) is 4.90 Å². The van der Waals surface area contributed by atoms with Crippen molar-refractivity contribution in [3.8, 4) is 11.5 Å². The SMILES string of the molecule is COc1ccc(OC)c(NS(=O)(=O)c2ccc(NC(=O)c3ccc(Cl)cc3Cl)c(F)c2)c1. The Bertz CT molecular complexity index is 1290. The molecule has 0 saturated carbocycles. The summed E-state index contributed by atoms with van der Waals surface area (Å²) >= 11 is 11.8. The van der Waals surface area contributed by atoms with Crippen LogP contribution in [0.1, 0.15) is 10.4 Å². The van der Waals surface area contributed by atoms with Crippen LogP contribution in [0.4, 0.5) is 15.8 Å². The maximum Gasteiger partial charge on any atom is 0.262 e. The van der Waals surface area contributed by atoms with Crippen LogP contribution < -0.4 is 19.5 Å². The van der Waals surface area contributed by atoms with Crippen molar-refractivity contribution in [2.24, 2.45) is 0 Å². The smallest absolute Gasteiger partial charge is 0.262 e. The Morgan fingerprint density at radius 2 is 1.69 bits per heavy atom. The molecule has 1 amide bonds. The molecule has 2 N–H and O–H groups in total. The van der Waals surface area contributed by atoms with E-state index in [1.165, 1.54) is 44.6 Å². The number of sulfonamides is 1. The number of ether oxygens (including phenoxy) is 2. The summed E-state index contributed by atoms with van der Waals surface area (Å²) < 4.78 is 52.7. The lowest BCUT2D eigenvalue weighted by Crippen LogP contribution is -2.16. The first-order valence-corrected chi connectivity index (χ1v) is 11.2. The Morgan fingerprint density at radius 1 is 0.938 bits per heavy atom. The molecule has 0 aromatic heterocycles. The van der Waals surface area contributed by atoms with Gasteiger partial charge >= 0.3 is 0 Å². The molecular formula is C21H17Cl2FN2O5S. The van der Waals surface area contributed by atoms with Gasteiger partial charge in [0.2, 0.25) is 0 Å². The number of carbonyl (C=O) groups is 1. The summed E-state index contributed by atoms with van der Waals surface area (Å²) in [6, 6.07) is 11.9. The topological polar surface area (TPSA) is 93.7 Å². The second kappa shape index (κ2) is 9.64. The number of hydrogen-bond donors (Lipinski definition) is 2. The summed E-state index contributed by atoms with van der Waals surface area (Å²) in [7, 11) is -1.37. The van der Waals surface area contributed by atoms with Crippen LogP contribution in [0.15, 0.2) is 59.5 Å². The predicted octanol–water partition coefficient (Wildman–Crippen LogP) is 5.20. The predicted molar refractivity (Wildman–Crippen MR) is 121 cm³/mol. The molecule has 0 atom stereocenters. The highest BCUT2D eigenvalue weighted by molar-refractivity contribution is 7.92. The van der Waals surface area contributed by atoms with Crippen molar-refractivity contribution in [2.75, 3.05) is 24.3 Å². The Morgan fingerprint density at radius 3 is 2.31 bits per heavy atom. The summed E-state index contributed by atoms with van der Waals surface area (Å²) in [5, 5.41) is 2.78. The molecule has 32 heavy (non-hydrogen) atoms. The van der Waals surface area contributed by atoms with Crippen LogP contribution in [-0.4, -0.2) is 28.5 Å². The first kappa shape index (κ1) is 23.6. The van der Waals surface area contributed by atoms with Crippen LogP contribution in [0.25, 0.3) is 0 Å². The van der Waals surface area contributed by atoms with E-state index in [9.17, 15) is 17.6 Å². The van der Waals surface area contributed by atoms with Gasteiger partial charge in [0.15, 0.2) is 0 Å². The van der Waals surface area contributed by atoms with E-state index < -0.39 is 21.7 Å². The summed E-state index contributed by atoms with van der Waals surface area (Å²) in [4.78, 5) is 12.0. The first-order chi connectivity index (χ1) is 15.1. The van der Waals surface area contributed by atoms with Gasteiger partial charge in [0, 0.05) is 11.1 Å². The van der Waals surface area contributed by atoms with E-state index in [-0.39, 0.29) is 32.6 Å². The molecule has 3 aromatic rings. The quantitative estimate of drug-likeness (QED) is 0.466. The Labute approximate surface area is 194 Å². The Kier molecular flexibility index (Phi) is 7.12. The van der Waals surface area contributed by atoms with Crippen LogP contribution in [0, 0.1) is 5.82 Å². The van der Waals surface area contributed by atoms with Crippen LogP contribution >= 0.6 is 23.2 Å². The van der Waals surface area contributed by atoms with E-state index in [4.69, 9.17) is 32.7 Å². The number of amides is 1. The molecule has 7 nitrogen and oxygen atoms in total. The van der Waals surface area contributed by atoms with Gasteiger partial charge in [-0.2, -0.15) is 0 Å². The van der Waals surface area contributed by atoms with Crippen LogP contribution in [0.3, 0.4) is 0 Å². The zero-order valence-electron chi connectivity index (χ0n) is 16.8. The summed E-state index contributed by atoms with van der Waals surface area (Å²) in [6.45, 7) is 0. The number of benzene rings is 3. The van der Waals surface area contributed by atoms with Crippen molar-refractivity contribution in [1.29, 1.82) is 0 Å². The maximum absolute atomic E-state index is 14.6. The molecule has 3 aromatic carbocycles. The lowest BCUT2D eigenvalue weighted by molar-refractivity contribution is 0.102. The van der Waals surface area contributed by atoms with Crippen molar-refractivity contribution < 1.29 is 27.1 Å². The van der Waals surface area contributed by atoms with E-state index in [0.717, 1.165) is 18.2 Å². The third kappa shape index (κ3) is 5.24. The number of rotatable bonds is 7. The summed E-state index contributed by atoms with van der Waals surface area (Å²) in [5.41, 5.74) is -0.0279. The van der Waals surface area contributed by atoms with Gasteiger partial charge < -0.3 is 14.8 Å². The molecule has 3 rings (SSSR count). The van der Waals surface area contributed by atoms with E-state index in [1.807, 2.05) is 0 Å². The van der Waals surface area contributed by atoms with Crippen LogP contribution in [-0.2, 0) is 10.0 Å². The summed E-state index contributed by atoms with van der Waals surface area (Å²) in [6.07, 6.45) is 0. The van der Waals surface area contributed by atoms with Gasteiger partial charge in [0.25, 0.3) is 15.9 Å². The van der Waals surface area contributed by atoms with E-state index in [1.54, 1.807) is 6.07 Å². The fraction of sp³-hybridized carbons (Fsp3) is 0.0952. The molecule has 0 unspecified atom stereocenters. The lowest BCUT2D eigenvalue weighted by atomic mass is 10.2. The molecule has 0 aliphatic carbocycles. The molecule has 168 valence electrons. The van der Waals surface area contributed by atoms with Gasteiger partial charge in [-0.15, -0.1) is 0 Å². The van der Waals surface area contributed by atoms with Crippen molar-refractivity contribution in [3.05, 3.63) is 76.0 Å². The third-order valence-corrected chi connectivity index (χ3v) is 6.24. The van der Waals surface area contributed by atoms with E-state index in [0.29, 0.717) is 10.8 Å².